The van der Waals surface area contributed by atoms with E-state index >= 15 is 0 Å². The predicted molar refractivity (Wildman–Crippen MR) is 92.6 cm³/mol. The first-order valence-corrected chi connectivity index (χ1v) is 9.40. The van der Waals surface area contributed by atoms with Gasteiger partial charge in [0.1, 0.15) is 17.9 Å². The average Bonchev–Trinajstić information content (AvgIpc) is 3.28. The molecule has 0 aromatic carbocycles. The van der Waals surface area contributed by atoms with Crippen LogP contribution in [0.2, 0.25) is 0 Å². The predicted octanol–water partition coefficient (Wildman–Crippen LogP) is 1.53. The van der Waals surface area contributed by atoms with E-state index < -0.39 is 5.60 Å². The lowest BCUT2D eigenvalue weighted by molar-refractivity contribution is -0.132. The Labute approximate surface area is 152 Å². The smallest absolute Gasteiger partial charge is 0.410 e. The van der Waals surface area contributed by atoms with Crippen LogP contribution in [0, 0.1) is 13.8 Å². The second-order valence-corrected chi connectivity index (χ2v) is 7.64. The quantitative estimate of drug-likeness (QED) is 0.877. The lowest BCUT2D eigenvalue weighted by Crippen LogP contribution is -2.46. The number of likely N-dealkylation sites (tertiary alicyclic amines) is 1. The number of amides is 2. The Kier molecular flexibility index (Phi) is 4.38. The third kappa shape index (κ3) is 2.96. The molecule has 1 atom stereocenters. The van der Waals surface area contributed by atoms with Crippen LogP contribution in [0.15, 0.2) is 4.52 Å². The molecule has 4 heterocycles. The van der Waals surface area contributed by atoms with E-state index in [0.29, 0.717) is 13.1 Å². The van der Waals surface area contributed by atoms with Crippen LogP contribution in [0.4, 0.5) is 4.79 Å². The Morgan fingerprint density at radius 3 is 2.81 bits per heavy atom. The minimum atomic E-state index is -0.422. The fourth-order valence-corrected chi connectivity index (χ4v) is 4.54. The number of piperidine rings is 1. The summed E-state index contributed by atoms with van der Waals surface area (Å²) >= 11 is 0. The van der Waals surface area contributed by atoms with Gasteiger partial charge in [0.15, 0.2) is 0 Å². The molecule has 1 aromatic rings. The molecule has 1 spiro atoms. The van der Waals surface area contributed by atoms with Gasteiger partial charge in [0, 0.05) is 24.9 Å². The molecule has 3 aliphatic rings. The second kappa shape index (κ2) is 6.57. The third-order valence-electron chi connectivity index (χ3n) is 5.88. The van der Waals surface area contributed by atoms with E-state index in [9.17, 15) is 9.59 Å². The largest absolute Gasteiger partial charge is 0.441 e. The van der Waals surface area contributed by atoms with Crippen LogP contribution in [0.3, 0.4) is 0 Å². The van der Waals surface area contributed by atoms with Crippen molar-refractivity contribution in [3.8, 4) is 0 Å². The number of nitrogens with zero attached hydrogens (tertiary/aromatic N) is 3. The van der Waals surface area contributed by atoms with Gasteiger partial charge in [0.05, 0.1) is 18.3 Å². The minimum Gasteiger partial charge on any atom is -0.441 e. The van der Waals surface area contributed by atoms with Crippen LogP contribution in [0.1, 0.15) is 48.7 Å². The maximum Gasteiger partial charge on any atom is 0.410 e. The molecule has 1 aromatic heterocycles. The van der Waals surface area contributed by atoms with Crippen LogP contribution < -0.4 is 5.32 Å². The van der Waals surface area contributed by atoms with Gasteiger partial charge in [-0.25, -0.2) is 4.79 Å². The molecule has 3 saturated heterocycles. The fraction of sp³-hybridized carbons (Fsp3) is 0.722. The summed E-state index contributed by atoms with van der Waals surface area (Å²) in [6, 6.07) is -0.0137. The van der Waals surface area contributed by atoms with Gasteiger partial charge in [0.2, 0.25) is 5.91 Å². The van der Waals surface area contributed by atoms with Crippen molar-refractivity contribution in [3.63, 3.8) is 0 Å². The van der Waals surface area contributed by atoms with Crippen molar-refractivity contribution in [1.82, 2.24) is 20.3 Å². The minimum absolute atomic E-state index is 0.0137. The Morgan fingerprint density at radius 1 is 1.35 bits per heavy atom. The van der Waals surface area contributed by atoms with E-state index in [-0.39, 0.29) is 24.6 Å². The van der Waals surface area contributed by atoms with Crippen LogP contribution in [-0.4, -0.2) is 65.3 Å². The third-order valence-corrected chi connectivity index (χ3v) is 5.88. The standard InChI is InChI=1S/C18H26N4O4/c1-12-16(13(2)26-20-12)14-4-3-9-22(14)15(23)10-21-11-18(25-17(21)24)5-7-19-8-6-18/h14,19H,3-11H2,1-2H3/t14-/m1/s1. The molecule has 142 valence electrons. The molecule has 0 unspecified atom stereocenters. The maximum atomic E-state index is 13.0. The SMILES string of the molecule is Cc1noc(C)c1[C@H]1CCCN1C(=O)CN1CC2(CCNCC2)OC1=O. The number of aryl methyl sites for hydroxylation is 2. The van der Waals surface area contributed by atoms with E-state index in [4.69, 9.17) is 9.26 Å². The van der Waals surface area contributed by atoms with Gasteiger partial charge in [-0.3, -0.25) is 9.69 Å². The number of ether oxygens (including phenoxy) is 1. The van der Waals surface area contributed by atoms with Gasteiger partial charge < -0.3 is 19.5 Å². The second-order valence-electron chi connectivity index (χ2n) is 7.64. The number of hydrogen-bond acceptors (Lipinski definition) is 6. The molecule has 1 N–H and O–H groups in total. The summed E-state index contributed by atoms with van der Waals surface area (Å²) < 4.78 is 10.9. The van der Waals surface area contributed by atoms with Crippen molar-refractivity contribution < 1.29 is 18.8 Å². The molecule has 0 radical (unpaired) electrons. The van der Waals surface area contributed by atoms with E-state index in [1.54, 1.807) is 4.90 Å². The monoisotopic (exact) mass is 362 g/mol. The van der Waals surface area contributed by atoms with E-state index in [1.807, 2.05) is 18.7 Å². The Hall–Kier alpha value is -2.09. The van der Waals surface area contributed by atoms with Gasteiger partial charge in [-0.1, -0.05) is 5.16 Å². The first-order chi connectivity index (χ1) is 12.5. The zero-order valence-electron chi connectivity index (χ0n) is 15.4. The molecule has 0 bridgehead atoms. The van der Waals surface area contributed by atoms with Crippen molar-refractivity contribution in [1.29, 1.82) is 0 Å². The molecular weight excluding hydrogens is 336 g/mol. The summed E-state index contributed by atoms with van der Waals surface area (Å²) in [6.07, 6.45) is 3.08. The number of aromatic nitrogens is 1. The number of hydrogen-bond donors (Lipinski definition) is 1. The van der Waals surface area contributed by atoms with Crippen molar-refractivity contribution in [2.45, 2.75) is 51.2 Å². The summed E-state index contributed by atoms with van der Waals surface area (Å²) in [4.78, 5) is 28.7. The number of rotatable bonds is 3. The molecule has 8 heteroatoms. The summed E-state index contributed by atoms with van der Waals surface area (Å²) in [7, 11) is 0. The van der Waals surface area contributed by atoms with Crippen LogP contribution in [0.5, 0.6) is 0 Å². The zero-order valence-corrected chi connectivity index (χ0v) is 15.4. The van der Waals surface area contributed by atoms with Gasteiger partial charge in [-0.2, -0.15) is 0 Å². The van der Waals surface area contributed by atoms with Crippen LogP contribution >= 0.6 is 0 Å². The number of nitrogens with one attached hydrogen (secondary N) is 1. The van der Waals surface area contributed by atoms with Crippen molar-refractivity contribution in [3.05, 3.63) is 17.0 Å². The van der Waals surface area contributed by atoms with E-state index in [2.05, 4.69) is 10.5 Å². The van der Waals surface area contributed by atoms with Crippen molar-refractivity contribution in [2.75, 3.05) is 32.7 Å². The molecular formula is C18H26N4O4. The molecule has 2 amide bonds. The lowest BCUT2D eigenvalue weighted by Gasteiger charge is -2.31. The first kappa shape index (κ1) is 17.3. The van der Waals surface area contributed by atoms with Gasteiger partial charge in [0.25, 0.3) is 0 Å². The summed E-state index contributed by atoms with van der Waals surface area (Å²) in [6.45, 7) is 6.76. The van der Waals surface area contributed by atoms with Crippen molar-refractivity contribution in [2.24, 2.45) is 0 Å². The topological polar surface area (TPSA) is 87.9 Å². The number of carbonyl (C=O) groups excluding carboxylic acids is 2. The molecule has 4 rings (SSSR count). The lowest BCUT2D eigenvalue weighted by atomic mass is 9.92. The van der Waals surface area contributed by atoms with Crippen LogP contribution in [-0.2, 0) is 9.53 Å². The summed E-state index contributed by atoms with van der Waals surface area (Å²) in [5, 5.41) is 7.31. The summed E-state index contributed by atoms with van der Waals surface area (Å²) in [5.41, 5.74) is 1.42. The molecule has 3 aliphatic heterocycles. The Morgan fingerprint density at radius 2 is 2.12 bits per heavy atom. The average molecular weight is 362 g/mol. The number of carbonyl (C=O) groups is 2. The molecule has 8 nitrogen and oxygen atoms in total. The Balaban J connectivity index is 1.45. The molecule has 26 heavy (non-hydrogen) atoms. The highest BCUT2D eigenvalue weighted by atomic mass is 16.6. The fourth-order valence-electron chi connectivity index (χ4n) is 4.54. The van der Waals surface area contributed by atoms with Crippen molar-refractivity contribution >= 4 is 12.0 Å². The maximum absolute atomic E-state index is 13.0. The van der Waals surface area contributed by atoms with Gasteiger partial charge in [-0.15, -0.1) is 0 Å². The Bertz CT molecular complexity index is 691. The highest BCUT2D eigenvalue weighted by Crippen LogP contribution is 2.36. The summed E-state index contributed by atoms with van der Waals surface area (Å²) in [5.74, 6) is 0.733. The molecule has 3 fully saturated rings. The van der Waals surface area contributed by atoms with Crippen LogP contribution in [0.25, 0.3) is 0 Å². The van der Waals surface area contributed by atoms with E-state index in [0.717, 1.165) is 55.8 Å². The van der Waals surface area contributed by atoms with E-state index in [1.165, 1.54) is 0 Å². The van der Waals surface area contributed by atoms with Gasteiger partial charge >= 0.3 is 6.09 Å². The van der Waals surface area contributed by atoms with Gasteiger partial charge in [-0.05, 0) is 39.8 Å². The highest BCUT2D eigenvalue weighted by molar-refractivity contribution is 5.84. The molecule has 0 aliphatic carbocycles. The molecule has 0 saturated carbocycles. The zero-order chi connectivity index (χ0) is 18.3. The highest BCUT2D eigenvalue weighted by Gasteiger charge is 2.47. The first-order valence-electron chi connectivity index (χ1n) is 9.40. The normalized spacial score (nSPS) is 25.2.